The van der Waals surface area contributed by atoms with Gasteiger partial charge in [-0.15, -0.1) is 0 Å². The van der Waals surface area contributed by atoms with Gasteiger partial charge in [0.05, 0.1) is 0 Å². The first-order valence-electron chi connectivity index (χ1n) is 9.36. The maximum Gasteiger partial charge on any atom is 0.00671 e. The van der Waals surface area contributed by atoms with Crippen LogP contribution in [0.25, 0.3) is 0 Å². The van der Waals surface area contributed by atoms with Gasteiger partial charge in [-0.3, -0.25) is 0 Å². The van der Waals surface area contributed by atoms with E-state index in [0.29, 0.717) is 0 Å². The predicted octanol–water partition coefficient (Wildman–Crippen LogP) is 4.11. The number of likely N-dealkylation sites (tertiary alicyclic amines) is 2. The summed E-state index contributed by atoms with van der Waals surface area (Å²) in [4.78, 5) is 5.36. The average molecular weight is 295 g/mol. The van der Waals surface area contributed by atoms with Crippen molar-refractivity contribution in [1.29, 1.82) is 0 Å². The molecule has 0 N–H and O–H groups in total. The van der Waals surface area contributed by atoms with Crippen LogP contribution in [0.15, 0.2) is 0 Å². The second-order valence-electron chi connectivity index (χ2n) is 8.50. The zero-order valence-corrected chi connectivity index (χ0v) is 15.3. The first-order chi connectivity index (χ1) is 9.88. The number of nitrogens with zero attached hydrogens (tertiary/aromatic N) is 2. The normalized spacial score (nSPS) is 28.3. The first-order valence-corrected chi connectivity index (χ1v) is 9.36. The molecule has 0 spiro atoms. The topological polar surface area (TPSA) is 6.48 Å². The third kappa shape index (κ3) is 4.45. The largest absolute Gasteiger partial charge is 0.300 e. The van der Waals surface area contributed by atoms with Crippen LogP contribution < -0.4 is 0 Å². The smallest absolute Gasteiger partial charge is 0.00671 e. The predicted molar refractivity (Wildman–Crippen MR) is 92.6 cm³/mol. The van der Waals surface area contributed by atoms with Crippen LogP contribution in [-0.4, -0.2) is 48.1 Å². The van der Waals surface area contributed by atoms with Crippen molar-refractivity contribution in [3.05, 3.63) is 0 Å². The van der Waals surface area contributed by atoms with Gasteiger partial charge < -0.3 is 9.80 Å². The summed E-state index contributed by atoms with van der Waals surface area (Å²) in [5, 5.41) is 0. The van der Waals surface area contributed by atoms with E-state index in [1.54, 1.807) is 0 Å². The van der Waals surface area contributed by atoms with E-state index in [0.717, 1.165) is 35.8 Å². The van der Waals surface area contributed by atoms with Gasteiger partial charge in [0, 0.05) is 31.7 Å². The Kier molecular flexibility index (Phi) is 6.14. The zero-order valence-electron chi connectivity index (χ0n) is 15.3. The van der Waals surface area contributed by atoms with Gasteiger partial charge in [-0.2, -0.15) is 0 Å². The van der Waals surface area contributed by atoms with Crippen LogP contribution in [-0.2, 0) is 0 Å². The van der Waals surface area contributed by atoms with Crippen LogP contribution in [0, 0.1) is 23.7 Å². The maximum atomic E-state index is 2.75. The highest BCUT2D eigenvalue weighted by atomic mass is 15.2. The molecule has 2 fully saturated rings. The second kappa shape index (κ2) is 7.46. The Labute approximate surface area is 133 Å². The van der Waals surface area contributed by atoms with Crippen molar-refractivity contribution >= 4 is 0 Å². The zero-order chi connectivity index (χ0) is 15.6. The molecule has 0 radical (unpaired) electrons. The Bertz CT molecular complexity index is 307. The second-order valence-corrected chi connectivity index (χ2v) is 8.50. The minimum Gasteiger partial charge on any atom is -0.300 e. The quantitative estimate of drug-likeness (QED) is 0.697. The van der Waals surface area contributed by atoms with E-state index in [1.165, 1.54) is 45.4 Å². The molecule has 0 aliphatic carbocycles. The van der Waals surface area contributed by atoms with Gasteiger partial charge in [0.1, 0.15) is 0 Å². The van der Waals surface area contributed by atoms with Gasteiger partial charge in [0.2, 0.25) is 0 Å². The van der Waals surface area contributed by atoms with E-state index < -0.39 is 0 Å². The van der Waals surface area contributed by atoms with E-state index in [1.807, 2.05) is 0 Å². The standard InChI is InChI=1S/C19H38N2/c1-14(2)18-9-10-20(11-18)17(6)8-7-16(5)19-12-21(13-19)15(3)4/h14-19H,7-13H2,1-6H3. The summed E-state index contributed by atoms with van der Waals surface area (Å²) >= 11 is 0. The molecule has 0 bridgehead atoms. The van der Waals surface area contributed by atoms with Crippen molar-refractivity contribution in [2.24, 2.45) is 23.7 Å². The van der Waals surface area contributed by atoms with Gasteiger partial charge >= 0.3 is 0 Å². The third-order valence-corrected chi connectivity index (χ3v) is 6.34. The molecule has 21 heavy (non-hydrogen) atoms. The Balaban J connectivity index is 1.64. The van der Waals surface area contributed by atoms with Crippen LogP contribution in [0.4, 0.5) is 0 Å². The molecular formula is C19H38N2. The fourth-order valence-corrected chi connectivity index (χ4v) is 4.01. The van der Waals surface area contributed by atoms with Gasteiger partial charge in [-0.25, -0.2) is 0 Å². The van der Waals surface area contributed by atoms with Crippen LogP contribution in [0.3, 0.4) is 0 Å². The SMILES string of the molecule is CC(C)C1CCN(C(C)CCC(C)C2CN(C(C)C)C2)C1. The monoisotopic (exact) mass is 294 g/mol. The lowest BCUT2D eigenvalue weighted by Gasteiger charge is -2.45. The summed E-state index contributed by atoms with van der Waals surface area (Å²) in [5.41, 5.74) is 0. The van der Waals surface area contributed by atoms with Crippen LogP contribution in [0.5, 0.6) is 0 Å². The molecule has 2 aliphatic heterocycles. The molecule has 2 rings (SSSR count). The molecule has 0 saturated carbocycles. The molecule has 0 aromatic carbocycles. The van der Waals surface area contributed by atoms with E-state index in [-0.39, 0.29) is 0 Å². The maximum absolute atomic E-state index is 2.75. The third-order valence-electron chi connectivity index (χ3n) is 6.34. The van der Waals surface area contributed by atoms with Crippen LogP contribution >= 0.6 is 0 Å². The molecule has 124 valence electrons. The molecule has 2 heteroatoms. The molecule has 0 aromatic rings. The summed E-state index contributed by atoms with van der Waals surface area (Å²) < 4.78 is 0. The van der Waals surface area contributed by atoms with Crippen molar-refractivity contribution in [2.75, 3.05) is 26.2 Å². The minimum atomic E-state index is 0.741. The van der Waals surface area contributed by atoms with E-state index >= 15 is 0 Å². The molecular weight excluding hydrogens is 256 g/mol. The Morgan fingerprint density at radius 1 is 0.810 bits per heavy atom. The molecule has 2 nitrogen and oxygen atoms in total. The summed E-state index contributed by atoms with van der Waals surface area (Å²) in [6.45, 7) is 19.7. The van der Waals surface area contributed by atoms with Crippen LogP contribution in [0.1, 0.15) is 60.8 Å². The molecule has 2 aliphatic rings. The van der Waals surface area contributed by atoms with Gasteiger partial charge in [0.15, 0.2) is 0 Å². The van der Waals surface area contributed by atoms with Crippen molar-refractivity contribution in [2.45, 2.75) is 72.9 Å². The summed E-state index contributed by atoms with van der Waals surface area (Å²) in [7, 11) is 0. The lowest BCUT2D eigenvalue weighted by molar-refractivity contribution is 0.0311. The Morgan fingerprint density at radius 2 is 1.43 bits per heavy atom. The number of hydrogen-bond donors (Lipinski definition) is 0. The molecule has 0 amide bonds. The molecule has 0 aromatic heterocycles. The Hall–Kier alpha value is -0.0800. The molecule has 2 saturated heterocycles. The molecule has 3 atom stereocenters. The van der Waals surface area contributed by atoms with Gasteiger partial charge in [0.25, 0.3) is 0 Å². The van der Waals surface area contributed by atoms with Crippen molar-refractivity contribution in [3.63, 3.8) is 0 Å². The highest BCUT2D eigenvalue weighted by molar-refractivity contribution is 4.86. The first kappa shape index (κ1) is 17.3. The van der Waals surface area contributed by atoms with E-state index in [9.17, 15) is 0 Å². The van der Waals surface area contributed by atoms with E-state index in [4.69, 9.17) is 0 Å². The lowest BCUT2D eigenvalue weighted by atomic mass is 9.82. The minimum absolute atomic E-state index is 0.741. The fourth-order valence-electron chi connectivity index (χ4n) is 4.01. The Morgan fingerprint density at radius 3 is 1.95 bits per heavy atom. The molecule has 3 unspecified atom stereocenters. The van der Waals surface area contributed by atoms with Gasteiger partial charge in [-0.05, 0) is 70.3 Å². The summed E-state index contributed by atoms with van der Waals surface area (Å²) in [6, 6.07) is 1.53. The number of hydrogen-bond acceptors (Lipinski definition) is 2. The highest BCUT2D eigenvalue weighted by Crippen LogP contribution is 2.31. The average Bonchev–Trinajstić information content (AvgIpc) is 2.83. The number of rotatable bonds is 7. The fraction of sp³-hybridized carbons (Fsp3) is 1.00. The van der Waals surface area contributed by atoms with Crippen molar-refractivity contribution in [1.82, 2.24) is 9.80 Å². The summed E-state index contributed by atoms with van der Waals surface area (Å²) in [6.07, 6.45) is 4.23. The van der Waals surface area contributed by atoms with Crippen molar-refractivity contribution in [3.8, 4) is 0 Å². The summed E-state index contributed by atoms with van der Waals surface area (Å²) in [5.74, 6) is 3.67. The van der Waals surface area contributed by atoms with Gasteiger partial charge in [-0.1, -0.05) is 20.8 Å². The van der Waals surface area contributed by atoms with Crippen LogP contribution in [0.2, 0.25) is 0 Å². The lowest BCUT2D eigenvalue weighted by Crippen LogP contribution is -2.52. The van der Waals surface area contributed by atoms with Crippen molar-refractivity contribution < 1.29 is 0 Å². The van der Waals surface area contributed by atoms with E-state index in [2.05, 4.69) is 51.3 Å². The highest BCUT2D eigenvalue weighted by Gasteiger charge is 2.33. The molecule has 2 heterocycles.